The second-order valence-electron chi connectivity index (χ2n) is 9.14. The number of benzene rings is 2. The van der Waals surface area contributed by atoms with E-state index in [1.165, 1.54) is 17.0 Å². The molecule has 0 bridgehead atoms. The highest BCUT2D eigenvalue weighted by molar-refractivity contribution is 6.30. The van der Waals surface area contributed by atoms with Crippen LogP contribution in [0.15, 0.2) is 42.5 Å². The van der Waals surface area contributed by atoms with Crippen LogP contribution in [-0.2, 0) is 17.9 Å². The summed E-state index contributed by atoms with van der Waals surface area (Å²) in [5.74, 6) is 0.508. The number of alkyl halides is 1. The van der Waals surface area contributed by atoms with Gasteiger partial charge in [-0.1, -0.05) is 23.7 Å². The molecular weight excluding hydrogens is 506 g/mol. The first-order valence-corrected chi connectivity index (χ1v) is 12.9. The molecule has 196 valence electrons. The molecule has 0 saturated carbocycles. The molecule has 1 aliphatic rings. The minimum Gasteiger partial charge on any atom is -0.483 e. The molecule has 7 nitrogen and oxygen atoms in total. The van der Waals surface area contributed by atoms with Crippen LogP contribution in [0.2, 0.25) is 5.02 Å². The minimum atomic E-state index is -0.566. The van der Waals surface area contributed by atoms with Crippen molar-refractivity contribution >= 4 is 35.1 Å². The number of amides is 3. The highest BCUT2D eigenvalue weighted by Crippen LogP contribution is 2.25. The average Bonchev–Trinajstić information content (AvgIpc) is 2.84. The zero-order valence-corrected chi connectivity index (χ0v) is 22.1. The fraction of sp³-hybridized carbons (Fsp3) is 0.462. The third-order valence-electron chi connectivity index (χ3n) is 6.34. The Morgan fingerprint density at radius 1 is 1.14 bits per heavy atom. The van der Waals surface area contributed by atoms with Gasteiger partial charge in [0.1, 0.15) is 11.6 Å². The number of hydrogen-bond donors (Lipinski definition) is 1. The van der Waals surface area contributed by atoms with Gasteiger partial charge in [-0.3, -0.25) is 9.69 Å². The molecule has 2 atom stereocenters. The highest BCUT2D eigenvalue weighted by atomic mass is 35.5. The van der Waals surface area contributed by atoms with Crippen LogP contribution in [0.1, 0.15) is 31.4 Å². The Morgan fingerprint density at radius 3 is 2.53 bits per heavy atom. The van der Waals surface area contributed by atoms with E-state index in [1.807, 2.05) is 11.8 Å². The van der Waals surface area contributed by atoms with E-state index in [-0.39, 0.29) is 37.0 Å². The lowest BCUT2D eigenvalue weighted by Crippen LogP contribution is -2.58. The zero-order chi connectivity index (χ0) is 26.2. The van der Waals surface area contributed by atoms with Gasteiger partial charge < -0.3 is 20.3 Å². The monoisotopic (exact) mass is 538 g/mol. The molecular formula is C26H33Cl2FN4O3. The van der Waals surface area contributed by atoms with Gasteiger partial charge in [-0.05, 0) is 56.2 Å². The van der Waals surface area contributed by atoms with Crippen LogP contribution in [0.25, 0.3) is 0 Å². The van der Waals surface area contributed by atoms with Crippen molar-refractivity contribution in [2.45, 2.75) is 45.4 Å². The lowest BCUT2D eigenvalue weighted by molar-refractivity contribution is -0.139. The topological polar surface area (TPSA) is 79.1 Å². The van der Waals surface area contributed by atoms with Crippen molar-refractivity contribution in [1.82, 2.24) is 14.7 Å². The van der Waals surface area contributed by atoms with Crippen molar-refractivity contribution in [3.05, 3.63) is 64.4 Å². The summed E-state index contributed by atoms with van der Waals surface area (Å²) in [7, 11) is 0. The van der Waals surface area contributed by atoms with Crippen LogP contribution in [-0.4, -0.2) is 70.8 Å². The SMILES string of the molecule is CC1CN(C(=O)COc2ccc(Cl)cc2CN(CCCCl)C(N)=O)C(C)CN1Cc1ccc(F)cc1. The first-order chi connectivity index (χ1) is 17.2. The van der Waals surface area contributed by atoms with Gasteiger partial charge in [-0.25, -0.2) is 9.18 Å². The Bertz CT molecular complexity index is 1040. The molecule has 1 heterocycles. The number of halogens is 3. The quantitative estimate of drug-likeness (QED) is 0.452. The maximum absolute atomic E-state index is 13.2. The van der Waals surface area contributed by atoms with Crippen molar-refractivity contribution in [2.75, 3.05) is 32.1 Å². The second kappa shape index (κ2) is 13.1. The number of piperazine rings is 1. The summed E-state index contributed by atoms with van der Waals surface area (Å²) in [6.07, 6.45) is 0.600. The Hall–Kier alpha value is -2.55. The van der Waals surface area contributed by atoms with Crippen LogP contribution < -0.4 is 10.5 Å². The third kappa shape index (κ3) is 7.72. The van der Waals surface area contributed by atoms with Crippen molar-refractivity contribution in [1.29, 1.82) is 0 Å². The lowest BCUT2D eigenvalue weighted by Gasteiger charge is -2.44. The molecule has 0 aromatic heterocycles. The number of rotatable bonds is 10. The summed E-state index contributed by atoms with van der Waals surface area (Å²) in [6.45, 7) is 6.51. The first-order valence-electron chi connectivity index (χ1n) is 12.0. The van der Waals surface area contributed by atoms with E-state index >= 15 is 0 Å². The van der Waals surface area contributed by atoms with E-state index in [2.05, 4.69) is 11.8 Å². The Morgan fingerprint density at radius 2 is 1.86 bits per heavy atom. The van der Waals surface area contributed by atoms with Gasteiger partial charge in [0.2, 0.25) is 0 Å². The molecule has 0 spiro atoms. The summed E-state index contributed by atoms with van der Waals surface area (Å²) in [5.41, 5.74) is 7.21. The van der Waals surface area contributed by atoms with Gasteiger partial charge in [0.05, 0.1) is 6.54 Å². The molecule has 3 rings (SSSR count). The zero-order valence-electron chi connectivity index (χ0n) is 20.6. The smallest absolute Gasteiger partial charge is 0.315 e. The summed E-state index contributed by atoms with van der Waals surface area (Å²) >= 11 is 11.9. The van der Waals surface area contributed by atoms with Gasteiger partial charge in [0.25, 0.3) is 5.91 Å². The Kier molecular flexibility index (Phi) is 10.2. The fourth-order valence-electron chi connectivity index (χ4n) is 4.35. The Balaban J connectivity index is 1.61. The predicted octanol–water partition coefficient (Wildman–Crippen LogP) is 4.49. The van der Waals surface area contributed by atoms with Crippen LogP contribution >= 0.6 is 23.2 Å². The van der Waals surface area contributed by atoms with E-state index in [9.17, 15) is 14.0 Å². The molecule has 1 fully saturated rings. The number of nitrogens with zero attached hydrogens (tertiary/aromatic N) is 3. The van der Waals surface area contributed by atoms with Gasteiger partial charge in [0, 0.05) is 54.7 Å². The predicted molar refractivity (Wildman–Crippen MR) is 140 cm³/mol. The van der Waals surface area contributed by atoms with E-state index < -0.39 is 6.03 Å². The van der Waals surface area contributed by atoms with Crippen molar-refractivity contribution < 1.29 is 18.7 Å². The van der Waals surface area contributed by atoms with E-state index in [1.54, 1.807) is 30.3 Å². The molecule has 0 aliphatic carbocycles. The summed E-state index contributed by atoms with van der Waals surface area (Å²) in [4.78, 5) is 30.5. The first kappa shape index (κ1) is 28.0. The molecule has 2 aromatic rings. The highest BCUT2D eigenvalue weighted by Gasteiger charge is 2.32. The lowest BCUT2D eigenvalue weighted by atomic mass is 10.1. The standard InChI is InChI=1S/C26H33Cl2FN4O3/c1-18-14-33(19(2)13-32(18)15-20-4-7-23(29)8-5-20)25(34)17-36-24-9-6-22(28)12-21(24)16-31(26(30)35)11-3-10-27/h4-9,12,18-19H,3,10-11,13-17H2,1-2H3,(H2,30,35). The van der Waals surface area contributed by atoms with Crippen LogP contribution in [0, 0.1) is 5.82 Å². The van der Waals surface area contributed by atoms with Gasteiger partial charge in [0.15, 0.2) is 6.61 Å². The number of nitrogens with two attached hydrogens (primary N) is 1. The van der Waals surface area contributed by atoms with Gasteiger partial charge in [-0.15, -0.1) is 11.6 Å². The minimum absolute atomic E-state index is 0.0108. The normalized spacial score (nSPS) is 18.2. The van der Waals surface area contributed by atoms with E-state index in [4.69, 9.17) is 33.7 Å². The third-order valence-corrected chi connectivity index (χ3v) is 6.84. The molecule has 2 N–H and O–H groups in total. The summed E-state index contributed by atoms with van der Waals surface area (Å²) in [6, 6.07) is 11.1. The van der Waals surface area contributed by atoms with Crippen LogP contribution in [0.4, 0.5) is 9.18 Å². The summed E-state index contributed by atoms with van der Waals surface area (Å²) < 4.78 is 19.1. The second-order valence-corrected chi connectivity index (χ2v) is 9.96. The van der Waals surface area contributed by atoms with Crippen molar-refractivity contribution in [2.24, 2.45) is 5.73 Å². The molecule has 1 saturated heterocycles. The molecule has 3 amide bonds. The van der Waals surface area contributed by atoms with Crippen molar-refractivity contribution in [3.63, 3.8) is 0 Å². The van der Waals surface area contributed by atoms with Gasteiger partial charge >= 0.3 is 6.03 Å². The molecule has 2 unspecified atom stereocenters. The van der Waals surface area contributed by atoms with Crippen molar-refractivity contribution in [3.8, 4) is 5.75 Å². The number of urea groups is 1. The molecule has 36 heavy (non-hydrogen) atoms. The number of primary amides is 1. The van der Waals surface area contributed by atoms with Crippen LogP contribution in [0.3, 0.4) is 0 Å². The fourth-order valence-corrected chi connectivity index (χ4v) is 4.66. The number of hydrogen-bond acceptors (Lipinski definition) is 4. The molecule has 10 heteroatoms. The molecule has 0 radical (unpaired) electrons. The molecule has 1 aliphatic heterocycles. The van der Waals surface area contributed by atoms with Gasteiger partial charge in [-0.2, -0.15) is 0 Å². The maximum atomic E-state index is 13.2. The maximum Gasteiger partial charge on any atom is 0.315 e. The van der Waals surface area contributed by atoms with E-state index in [0.717, 1.165) is 5.56 Å². The number of ether oxygens (including phenoxy) is 1. The molecule has 2 aromatic carbocycles. The largest absolute Gasteiger partial charge is 0.483 e. The Labute approximate surface area is 221 Å². The number of carbonyl (C=O) groups is 2. The summed E-state index contributed by atoms with van der Waals surface area (Å²) in [5, 5.41) is 0.491. The number of carbonyl (C=O) groups excluding carboxylic acids is 2. The van der Waals surface area contributed by atoms with Crippen LogP contribution in [0.5, 0.6) is 5.75 Å². The van der Waals surface area contributed by atoms with E-state index in [0.29, 0.717) is 54.8 Å². The average molecular weight is 539 g/mol.